The zero-order valence-corrected chi connectivity index (χ0v) is 18.8. The van der Waals surface area contributed by atoms with Crippen molar-refractivity contribution in [2.75, 3.05) is 0 Å². The maximum Gasteiger partial charge on any atom is 0.416 e. The second-order valence-corrected chi connectivity index (χ2v) is 8.51. The van der Waals surface area contributed by atoms with Crippen molar-refractivity contribution >= 4 is 10.9 Å². The molecule has 186 valence electrons. The van der Waals surface area contributed by atoms with E-state index < -0.39 is 23.5 Å². The molecule has 8 heteroatoms. The zero-order valence-electron chi connectivity index (χ0n) is 18.8. The molecule has 0 atom stereocenters. The first-order valence-electron chi connectivity index (χ1n) is 11.0. The number of aromatic nitrogens is 1. The number of benzene rings is 4. The van der Waals surface area contributed by atoms with E-state index in [9.17, 15) is 30.7 Å². The molecule has 37 heavy (non-hydrogen) atoms. The van der Waals surface area contributed by atoms with Crippen LogP contribution in [0, 0.1) is 5.82 Å². The van der Waals surface area contributed by atoms with Crippen molar-refractivity contribution in [3.63, 3.8) is 0 Å². The Kier molecular flexibility index (Phi) is 5.98. The van der Waals surface area contributed by atoms with Gasteiger partial charge in [-0.25, -0.2) is 4.39 Å². The summed E-state index contributed by atoms with van der Waals surface area (Å²) in [6, 6.07) is 21.6. The number of halogens is 7. The van der Waals surface area contributed by atoms with E-state index in [4.69, 9.17) is 0 Å². The number of pyridine rings is 1. The van der Waals surface area contributed by atoms with Gasteiger partial charge in [-0.15, -0.1) is 0 Å². The van der Waals surface area contributed by atoms with E-state index in [1.807, 2.05) is 30.3 Å². The fourth-order valence-corrected chi connectivity index (χ4v) is 4.08. The van der Waals surface area contributed by atoms with Gasteiger partial charge < -0.3 is 0 Å². The molecule has 0 bridgehead atoms. The first-order chi connectivity index (χ1) is 17.5. The van der Waals surface area contributed by atoms with Gasteiger partial charge in [-0.3, -0.25) is 4.98 Å². The molecule has 5 rings (SSSR count). The molecule has 0 amide bonds. The van der Waals surface area contributed by atoms with Crippen LogP contribution >= 0.6 is 0 Å². The van der Waals surface area contributed by atoms with Crippen molar-refractivity contribution < 1.29 is 30.7 Å². The van der Waals surface area contributed by atoms with Crippen LogP contribution < -0.4 is 0 Å². The molecule has 0 aliphatic heterocycles. The van der Waals surface area contributed by atoms with Crippen LogP contribution in [0.25, 0.3) is 44.3 Å². The van der Waals surface area contributed by atoms with Crippen molar-refractivity contribution in [3.8, 4) is 33.4 Å². The highest BCUT2D eigenvalue weighted by Crippen LogP contribution is 2.39. The van der Waals surface area contributed by atoms with Gasteiger partial charge >= 0.3 is 12.4 Å². The Labute approximate surface area is 206 Å². The van der Waals surface area contributed by atoms with Crippen LogP contribution in [0.15, 0.2) is 97.2 Å². The molecule has 0 N–H and O–H groups in total. The molecule has 1 aromatic heterocycles. The number of nitrogens with zero attached hydrogens (tertiary/aromatic N) is 1. The van der Waals surface area contributed by atoms with Crippen LogP contribution in [0.3, 0.4) is 0 Å². The molecule has 0 saturated carbocycles. The summed E-state index contributed by atoms with van der Waals surface area (Å²) in [4.78, 5) is 4.39. The topological polar surface area (TPSA) is 12.9 Å². The lowest BCUT2D eigenvalue weighted by atomic mass is 9.97. The van der Waals surface area contributed by atoms with Crippen LogP contribution in [0.1, 0.15) is 11.1 Å². The summed E-state index contributed by atoms with van der Waals surface area (Å²) in [6.07, 6.45) is -8.26. The van der Waals surface area contributed by atoms with Crippen LogP contribution in [-0.4, -0.2) is 4.98 Å². The Bertz CT molecular complexity index is 1550. The smallest absolute Gasteiger partial charge is 0.256 e. The average Bonchev–Trinajstić information content (AvgIpc) is 2.87. The largest absolute Gasteiger partial charge is 0.416 e. The van der Waals surface area contributed by atoms with Gasteiger partial charge in [-0.2, -0.15) is 26.3 Å². The molecule has 1 nitrogen and oxygen atoms in total. The zero-order chi connectivity index (χ0) is 26.4. The lowest BCUT2D eigenvalue weighted by molar-refractivity contribution is -0.143. The van der Waals surface area contributed by atoms with Crippen molar-refractivity contribution in [1.29, 1.82) is 0 Å². The third kappa shape index (κ3) is 5.18. The molecule has 0 saturated heterocycles. The van der Waals surface area contributed by atoms with Crippen molar-refractivity contribution in [1.82, 2.24) is 4.98 Å². The van der Waals surface area contributed by atoms with Crippen LogP contribution in [-0.2, 0) is 12.4 Å². The van der Waals surface area contributed by atoms with Crippen molar-refractivity contribution in [3.05, 3.63) is 114 Å². The van der Waals surface area contributed by atoms with E-state index in [-0.39, 0.29) is 23.0 Å². The minimum Gasteiger partial charge on any atom is -0.256 e. The molecule has 0 aliphatic rings. The summed E-state index contributed by atoms with van der Waals surface area (Å²) in [7, 11) is 0. The summed E-state index contributed by atoms with van der Waals surface area (Å²) in [5.74, 6) is -0.320. The molecule has 0 radical (unpaired) electrons. The summed E-state index contributed by atoms with van der Waals surface area (Å²) in [5.41, 5.74) is 1.08. The Balaban J connectivity index is 1.48. The first kappa shape index (κ1) is 24.5. The molecular formula is C29H16F7N. The average molecular weight is 511 g/mol. The predicted molar refractivity (Wildman–Crippen MR) is 128 cm³/mol. The lowest BCUT2D eigenvalue weighted by Crippen LogP contribution is -2.11. The molecule has 4 aromatic carbocycles. The molecule has 0 fully saturated rings. The second kappa shape index (κ2) is 9.03. The Morgan fingerprint density at radius 1 is 0.459 bits per heavy atom. The highest BCUT2D eigenvalue weighted by Gasteiger charge is 2.37. The van der Waals surface area contributed by atoms with Crippen LogP contribution in [0.4, 0.5) is 30.7 Å². The van der Waals surface area contributed by atoms with Crippen molar-refractivity contribution in [2.24, 2.45) is 0 Å². The lowest BCUT2D eigenvalue weighted by Gasteiger charge is -2.14. The molecule has 1 heterocycles. The number of rotatable bonds is 3. The first-order valence-corrected chi connectivity index (χ1v) is 11.0. The van der Waals surface area contributed by atoms with E-state index in [2.05, 4.69) is 4.98 Å². The molecule has 0 unspecified atom stereocenters. The van der Waals surface area contributed by atoms with Gasteiger partial charge in [0, 0.05) is 17.1 Å². The molecule has 0 aliphatic carbocycles. The number of hydrogen-bond acceptors (Lipinski definition) is 1. The number of alkyl halides is 6. The Morgan fingerprint density at radius 2 is 0.946 bits per heavy atom. The summed E-state index contributed by atoms with van der Waals surface area (Å²) in [5, 5.41) is 0.673. The van der Waals surface area contributed by atoms with E-state index >= 15 is 0 Å². The predicted octanol–water partition coefficient (Wildman–Crippen LogP) is 9.41. The molecule has 0 spiro atoms. The van der Waals surface area contributed by atoms with Gasteiger partial charge in [0.1, 0.15) is 5.82 Å². The van der Waals surface area contributed by atoms with Crippen LogP contribution in [0.5, 0.6) is 0 Å². The third-order valence-corrected chi connectivity index (χ3v) is 6.00. The van der Waals surface area contributed by atoms with Gasteiger partial charge in [-0.1, -0.05) is 48.5 Å². The number of fused-ring (bicyclic) bond motifs is 1. The quantitative estimate of drug-likeness (QED) is 0.220. The summed E-state index contributed by atoms with van der Waals surface area (Å²) < 4.78 is 92.7. The fourth-order valence-electron chi connectivity index (χ4n) is 4.08. The number of hydrogen-bond donors (Lipinski definition) is 0. The van der Waals surface area contributed by atoms with E-state index in [1.54, 1.807) is 24.4 Å². The monoisotopic (exact) mass is 511 g/mol. The highest BCUT2D eigenvalue weighted by molar-refractivity contribution is 5.88. The maximum atomic E-state index is 13.3. The second-order valence-electron chi connectivity index (χ2n) is 8.51. The molecular weight excluding hydrogens is 495 g/mol. The van der Waals surface area contributed by atoms with Gasteiger partial charge in [0.2, 0.25) is 0 Å². The van der Waals surface area contributed by atoms with E-state index in [1.165, 1.54) is 24.3 Å². The highest BCUT2D eigenvalue weighted by atomic mass is 19.4. The van der Waals surface area contributed by atoms with Gasteiger partial charge in [0.05, 0.1) is 16.6 Å². The Morgan fingerprint density at radius 3 is 1.49 bits per heavy atom. The van der Waals surface area contributed by atoms with E-state index in [0.29, 0.717) is 23.0 Å². The van der Waals surface area contributed by atoms with Gasteiger partial charge in [-0.05, 0) is 70.3 Å². The summed E-state index contributed by atoms with van der Waals surface area (Å²) in [6.45, 7) is 0. The minimum absolute atomic E-state index is 0.108. The summed E-state index contributed by atoms with van der Waals surface area (Å²) >= 11 is 0. The Hall–Kier alpha value is -4.20. The minimum atomic E-state index is -4.92. The third-order valence-electron chi connectivity index (χ3n) is 6.00. The van der Waals surface area contributed by atoms with Gasteiger partial charge in [0.25, 0.3) is 0 Å². The molecule has 5 aromatic rings. The van der Waals surface area contributed by atoms with Crippen molar-refractivity contribution in [2.45, 2.75) is 12.4 Å². The van der Waals surface area contributed by atoms with Crippen LogP contribution in [0.2, 0.25) is 0 Å². The maximum absolute atomic E-state index is 13.3. The normalized spacial score (nSPS) is 12.2. The van der Waals surface area contributed by atoms with E-state index in [0.717, 1.165) is 22.3 Å². The fraction of sp³-hybridized carbons (Fsp3) is 0.0690. The SMILES string of the molecule is Fc1ccc(-c2ccc(-c3cnc4cc(-c5cc(C(F)(F)F)cc(C(F)(F)F)c5)ccc4c3)cc2)cc1. The van der Waals surface area contributed by atoms with Gasteiger partial charge in [0.15, 0.2) is 0 Å². The standard InChI is InChI=1S/C29H16F7N/c30-26-9-7-18(8-10-26)17-1-3-19(4-2-17)23-11-21-6-5-20(14-27(21)37-16-23)22-12-24(28(31,32)33)15-25(13-22)29(34,35)36/h1-16H.